The monoisotopic (exact) mass is 575 g/mol. The van der Waals surface area contributed by atoms with Gasteiger partial charge in [-0.1, -0.05) is 31.9 Å². The summed E-state index contributed by atoms with van der Waals surface area (Å²) in [5, 5.41) is 12.0. The summed E-state index contributed by atoms with van der Waals surface area (Å²) in [4.78, 5) is 57.1. The predicted molar refractivity (Wildman–Crippen MR) is 155 cm³/mol. The van der Waals surface area contributed by atoms with Crippen LogP contribution in [-0.4, -0.2) is 95.2 Å². The topological polar surface area (TPSA) is 125 Å². The normalized spacial score (nSPS) is 26.9. The fourth-order valence-electron chi connectivity index (χ4n) is 6.58. The number of nitrogens with zero attached hydrogens (tertiary/aromatic N) is 2. The van der Waals surface area contributed by atoms with Gasteiger partial charge in [0.25, 0.3) is 0 Å². The molecule has 1 spiro atoms. The van der Waals surface area contributed by atoms with E-state index in [-0.39, 0.29) is 30.9 Å². The summed E-state index contributed by atoms with van der Waals surface area (Å²) >= 11 is 0. The Hall–Kier alpha value is -2.72. The van der Waals surface area contributed by atoms with Gasteiger partial charge in [-0.25, -0.2) is 0 Å². The fraction of sp³-hybridized carbons (Fsp3) is 0.742. The van der Waals surface area contributed by atoms with Crippen molar-refractivity contribution >= 4 is 23.7 Å². The molecule has 10 nitrogen and oxygen atoms in total. The van der Waals surface area contributed by atoms with Crippen molar-refractivity contribution in [2.75, 3.05) is 32.8 Å². The van der Waals surface area contributed by atoms with Crippen molar-refractivity contribution in [3.63, 3.8) is 0 Å². The molecule has 6 atom stereocenters. The highest BCUT2D eigenvalue weighted by molar-refractivity contribution is 5.98. The van der Waals surface area contributed by atoms with E-state index < -0.39 is 41.7 Å². The maximum absolute atomic E-state index is 14.2. The van der Waals surface area contributed by atoms with Gasteiger partial charge in [0.2, 0.25) is 17.7 Å². The number of carbonyl (C=O) groups is 4. The van der Waals surface area contributed by atoms with E-state index in [1.54, 1.807) is 28.9 Å². The highest BCUT2D eigenvalue weighted by Gasteiger charge is 2.75. The van der Waals surface area contributed by atoms with Crippen LogP contribution in [0.5, 0.6) is 0 Å². The van der Waals surface area contributed by atoms with Crippen molar-refractivity contribution in [1.82, 2.24) is 15.1 Å². The first-order valence-electron chi connectivity index (χ1n) is 15.3. The molecule has 3 heterocycles. The van der Waals surface area contributed by atoms with E-state index in [1.807, 2.05) is 0 Å². The Morgan fingerprint density at radius 2 is 2.00 bits per heavy atom. The molecule has 3 saturated heterocycles. The Morgan fingerprint density at radius 3 is 2.68 bits per heavy atom. The smallest absolute Gasteiger partial charge is 0.312 e. The standard InChI is InChI=1S/C31H49N3O7/c1-5-8-11-18-33(17-7-3)29(38)27-31-16-15-23(41-31)25(26(31)28(37)34(27)19-12-10-13-20-35)30(39)40-22(4)21-32-24(36)14-9-6-2/h6-7,22-23,25-27,35H,2-3,5,8-21H2,1,4H3,(H,32,36)/t22-,23+,25-,26-,27+,31-/m1/s1. The number of aliphatic hydroxyl groups is 1. The zero-order valence-corrected chi connectivity index (χ0v) is 24.9. The number of carbonyl (C=O) groups excluding carboxylic acids is 4. The Labute approximate surface area is 244 Å². The molecule has 0 saturated carbocycles. The second-order valence-electron chi connectivity index (χ2n) is 11.5. The van der Waals surface area contributed by atoms with Crippen molar-refractivity contribution < 1.29 is 33.8 Å². The number of hydrogen-bond acceptors (Lipinski definition) is 7. The predicted octanol–water partition coefficient (Wildman–Crippen LogP) is 2.74. The van der Waals surface area contributed by atoms with E-state index in [0.717, 1.165) is 25.7 Å². The first-order valence-corrected chi connectivity index (χ1v) is 15.3. The van der Waals surface area contributed by atoms with Gasteiger partial charge >= 0.3 is 5.97 Å². The van der Waals surface area contributed by atoms with E-state index in [4.69, 9.17) is 9.47 Å². The summed E-state index contributed by atoms with van der Waals surface area (Å²) in [6.07, 6.45) is 9.08. The van der Waals surface area contributed by atoms with Gasteiger partial charge in [-0.15, -0.1) is 13.2 Å². The molecule has 0 aromatic rings. The van der Waals surface area contributed by atoms with Crippen LogP contribution in [0.15, 0.2) is 25.3 Å². The molecule has 41 heavy (non-hydrogen) atoms. The number of esters is 1. The molecule has 3 aliphatic rings. The van der Waals surface area contributed by atoms with Gasteiger partial charge in [0.1, 0.15) is 17.7 Å². The van der Waals surface area contributed by atoms with Crippen molar-refractivity contribution in [2.45, 2.75) is 102 Å². The molecule has 2 bridgehead atoms. The first-order chi connectivity index (χ1) is 19.7. The Kier molecular flexibility index (Phi) is 12.4. The Balaban J connectivity index is 1.81. The minimum Gasteiger partial charge on any atom is -0.460 e. The third-order valence-electron chi connectivity index (χ3n) is 8.54. The number of ether oxygens (including phenoxy) is 2. The highest BCUT2D eigenvalue weighted by atomic mass is 16.6. The summed E-state index contributed by atoms with van der Waals surface area (Å²) in [5.74, 6) is -2.68. The molecule has 0 aromatic heterocycles. The molecular weight excluding hydrogens is 526 g/mol. The quantitative estimate of drug-likeness (QED) is 0.138. The molecular formula is C31H49N3O7. The second-order valence-corrected chi connectivity index (χ2v) is 11.5. The van der Waals surface area contributed by atoms with Gasteiger partial charge in [0.05, 0.1) is 24.5 Å². The van der Waals surface area contributed by atoms with Crippen LogP contribution in [0.25, 0.3) is 0 Å². The number of fused-ring (bicyclic) bond motifs is 1. The van der Waals surface area contributed by atoms with Crippen LogP contribution in [0.2, 0.25) is 0 Å². The summed E-state index contributed by atoms with van der Waals surface area (Å²) < 4.78 is 12.2. The third-order valence-corrected chi connectivity index (χ3v) is 8.54. The molecule has 0 radical (unpaired) electrons. The summed E-state index contributed by atoms with van der Waals surface area (Å²) in [5.41, 5.74) is -1.08. The number of likely N-dealkylation sites (tertiary alicyclic amines) is 1. The number of amides is 3. The van der Waals surface area contributed by atoms with Crippen LogP contribution in [0, 0.1) is 11.8 Å². The van der Waals surface area contributed by atoms with Crippen LogP contribution in [-0.2, 0) is 28.7 Å². The lowest BCUT2D eigenvalue weighted by Crippen LogP contribution is -2.56. The molecule has 3 fully saturated rings. The number of rotatable bonds is 19. The maximum Gasteiger partial charge on any atom is 0.312 e. The number of nitrogens with one attached hydrogen (secondary N) is 1. The summed E-state index contributed by atoms with van der Waals surface area (Å²) in [6.45, 7) is 12.8. The highest BCUT2D eigenvalue weighted by Crippen LogP contribution is 2.58. The molecule has 2 N–H and O–H groups in total. The lowest BCUT2D eigenvalue weighted by molar-refractivity contribution is -0.159. The van der Waals surface area contributed by atoms with Gasteiger partial charge < -0.3 is 29.7 Å². The zero-order valence-electron chi connectivity index (χ0n) is 24.9. The van der Waals surface area contributed by atoms with Crippen molar-refractivity contribution in [2.24, 2.45) is 11.8 Å². The van der Waals surface area contributed by atoms with Crippen LogP contribution >= 0.6 is 0 Å². The van der Waals surface area contributed by atoms with Crippen molar-refractivity contribution in [3.8, 4) is 0 Å². The maximum atomic E-state index is 14.2. The van der Waals surface area contributed by atoms with Crippen LogP contribution in [0.4, 0.5) is 0 Å². The van der Waals surface area contributed by atoms with E-state index in [1.165, 1.54) is 0 Å². The lowest BCUT2D eigenvalue weighted by atomic mass is 9.70. The molecule has 0 aromatic carbocycles. The number of allylic oxidation sites excluding steroid dienone is 1. The van der Waals surface area contributed by atoms with Crippen molar-refractivity contribution in [3.05, 3.63) is 25.3 Å². The van der Waals surface area contributed by atoms with Crippen LogP contribution in [0.3, 0.4) is 0 Å². The Morgan fingerprint density at radius 1 is 1.22 bits per heavy atom. The van der Waals surface area contributed by atoms with Crippen molar-refractivity contribution in [1.29, 1.82) is 0 Å². The zero-order chi connectivity index (χ0) is 30.0. The minimum atomic E-state index is -1.08. The van der Waals surface area contributed by atoms with Gasteiger partial charge in [0.15, 0.2) is 0 Å². The summed E-state index contributed by atoms with van der Waals surface area (Å²) in [6, 6.07) is -0.819. The average Bonchev–Trinajstić information content (AvgIpc) is 3.59. The molecule has 0 unspecified atom stereocenters. The van der Waals surface area contributed by atoms with Gasteiger partial charge in [-0.2, -0.15) is 0 Å². The minimum absolute atomic E-state index is 0.0685. The molecule has 3 amide bonds. The van der Waals surface area contributed by atoms with E-state index >= 15 is 0 Å². The molecule has 230 valence electrons. The number of hydrogen-bond donors (Lipinski definition) is 2. The fourth-order valence-corrected chi connectivity index (χ4v) is 6.58. The van der Waals surface area contributed by atoms with Crippen LogP contribution < -0.4 is 5.32 Å². The number of aliphatic hydroxyl groups excluding tert-OH is 1. The van der Waals surface area contributed by atoms with Gasteiger partial charge in [-0.05, 0) is 51.9 Å². The summed E-state index contributed by atoms with van der Waals surface area (Å²) in [7, 11) is 0. The van der Waals surface area contributed by atoms with Crippen LogP contribution in [0.1, 0.15) is 78.1 Å². The molecule has 3 rings (SSSR count). The van der Waals surface area contributed by atoms with Gasteiger partial charge in [-0.3, -0.25) is 19.2 Å². The van der Waals surface area contributed by atoms with E-state index in [0.29, 0.717) is 58.2 Å². The largest absolute Gasteiger partial charge is 0.460 e. The second kappa shape index (κ2) is 15.5. The van der Waals surface area contributed by atoms with Gasteiger partial charge in [0, 0.05) is 32.7 Å². The number of unbranched alkanes of at least 4 members (excludes halogenated alkanes) is 4. The molecule has 0 aliphatic carbocycles. The third kappa shape index (κ3) is 7.38. The van der Waals surface area contributed by atoms with E-state index in [9.17, 15) is 24.3 Å². The van der Waals surface area contributed by atoms with E-state index in [2.05, 4.69) is 25.4 Å². The molecule has 10 heteroatoms. The molecule has 3 aliphatic heterocycles. The lowest BCUT2D eigenvalue weighted by Gasteiger charge is -2.37. The SMILES string of the molecule is C=CCCC(=O)NC[C@@H](C)OC(=O)[C@@H]1[C@@H]2CC[C@]3(O2)[C@H](C(=O)N(CC=C)CCCCC)N(CCCCCO)C(=O)[C@@H]13. The Bertz CT molecular complexity index is 956. The average molecular weight is 576 g/mol. The first kappa shape index (κ1) is 32.8.